The summed E-state index contributed by atoms with van der Waals surface area (Å²) in [5.41, 5.74) is 3.53. The van der Waals surface area contributed by atoms with Gasteiger partial charge in [0.25, 0.3) is 0 Å². The summed E-state index contributed by atoms with van der Waals surface area (Å²) in [6.45, 7) is 3.30. The zero-order valence-electron chi connectivity index (χ0n) is 14.6. The highest BCUT2D eigenvalue weighted by atomic mass is 35.5. The van der Waals surface area contributed by atoms with Gasteiger partial charge in [-0.25, -0.2) is 9.40 Å². The molecule has 0 aromatic heterocycles. The fraction of sp³-hybridized carbons (Fsp3) is 0.944. The Balaban J connectivity index is 1.47. The van der Waals surface area contributed by atoms with Crippen molar-refractivity contribution in [3.63, 3.8) is 0 Å². The number of alkyl halides is 2. The van der Waals surface area contributed by atoms with Crippen molar-refractivity contribution in [2.24, 2.45) is 5.92 Å². The van der Waals surface area contributed by atoms with E-state index < -0.39 is 6.17 Å². The van der Waals surface area contributed by atoms with Crippen molar-refractivity contribution in [1.82, 2.24) is 15.8 Å². The van der Waals surface area contributed by atoms with Gasteiger partial charge in [-0.1, -0.05) is 0 Å². The molecular weight excluding hydrogens is 329 g/mol. The summed E-state index contributed by atoms with van der Waals surface area (Å²) < 4.78 is 14.1. The molecule has 6 heteroatoms. The van der Waals surface area contributed by atoms with Crippen LogP contribution >= 0.6 is 11.6 Å². The molecule has 0 aromatic carbocycles. The average Bonchev–Trinajstić information content (AvgIpc) is 2.98. The molecule has 0 spiro atoms. The number of hydrogen-bond acceptors (Lipinski definition) is 3. The first-order valence-electron chi connectivity index (χ1n) is 9.63. The molecule has 6 unspecified atom stereocenters. The smallest absolute Gasteiger partial charge is 0.220 e. The Bertz CT molecular complexity index is 428. The molecule has 1 heterocycles. The van der Waals surface area contributed by atoms with Crippen LogP contribution in [0.4, 0.5) is 4.39 Å². The molecule has 4 nitrogen and oxygen atoms in total. The van der Waals surface area contributed by atoms with Crippen molar-refractivity contribution in [3.05, 3.63) is 0 Å². The van der Waals surface area contributed by atoms with Gasteiger partial charge in [-0.05, 0) is 58.3 Å². The second-order valence-corrected chi connectivity index (χ2v) is 8.49. The molecule has 0 aromatic rings. The highest BCUT2D eigenvalue weighted by molar-refractivity contribution is 6.21. The van der Waals surface area contributed by atoms with Gasteiger partial charge in [-0.15, -0.1) is 11.6 Å². The first kappa shape index (κ1) is 18.4. The van der Waals surface area contributed by atoms with E-state index >= 15 is 0 Å². The molecule has 1 aliphatic heterocycles. The monoisotopic (exact) mass is 359 g/mol. The van der Waals surface area contributed by atoms with Gasteiger partial charge >= 0.3 is 0 Å². The largest absolute Gasteiger partial charge is 0.353 e. The van der Waals surface area contributed by atoms with Crippen LogP contribution in [0.25, 0.3) is 0 Å². The van der Waals surface area contributed by atoms with Gasteiger partial charge in [-0.2, -0.15) is 0 Å². The molecule has 24 heavy (non-hydrogen) atoms. The second kappa shape index (κ2) is 8.33. The molecule has 138 valence electrons. The summed E-state index contributed by atoms with van der Waals surface area (Å²) in [6, 6.07) is 1.26. The average molecular weight is 360 g/mol. The van der Waals surface area contributed by atoms with Crippen LogP contribution in [0.3, 0.4) is 0 Å². The van der Waals surface area contributed by atoms with Crippen LogP contribution in [0.5, 0.6) is 0 Å². The van der Waals surface area contributed by atoms with Gasteiger partial charge in [0.05, 0.1) is 0 Å². The molecule has 0 radical (unpaired) electrons. The van der Waals surface area contributed by atoms with E-state index in [4.69, 9.17) is 11.6 Å². The van der Waals surface area contributed by atoms with E-state index in [1.165, 1.54) is 12.8 Å². The topological polar surface area (TPSA) is 44.4 Å². The predicted octanol–water partition coefficient (Wildman–Crippen LogP) is 3.15. The number of carbonyl (C=O) groups is 1. The number of carbonyl (C=O) groups excluding carboxylic acids is 1. The van der Waals surface area contributed by atoms with Gasteiger partial charge in [0.15, 0.2) is 0 Å². The number of hydrazine groups is 1. The lowest BCUT2D eigenvalue weighted by Gasteiger charge is -2.36. The van der Waals surface area contributed by atoms with Crippen molar-refractivity contribution in [3.8, 4) is 0 Å². The molecule has 0 bridgehead atoms. The Labute approximate surface area is 149 Å². The van der Waals surface area contributed by atoms with E-state index in [0.717, 1.165) is 38.6 Å². The zero-order valence-corrected chi connectivity index (χ0v) is 15.4. The van der Waals surface area contributed by atoms with Crippen molar-refractivity contribution >= 4 is 17.5 Å². The number of nitrogens with zero attached hydrogens (tertiary/aromatic N) is 1. The molecule has 2 saturated carbocycles. The highest BCUT2D eigenvalue weighted by Gasteiger charge is 2.35. The maximum absolute atomic E-state index is 14.1. The molecule has 1 amide bonds. The minimum Gasteiger partial charge on any atom is -0.353 e. The Kier molecular flexibility index (Phi) is 6.38. The Morgan fingerprint density at radius 3 is 2.75 bits per heavy atom. The first-order valence-corrected chi connectivity index (χ1v) is 10.1. The molecule has 3 aliphatic rings. The molecule has 2 aliphatic carbocycles. The maximum Gasteiger partial charge on any atom is 0.220 e. The SMILES string of the molecule is CC1CCN(C2CCCC(NC(=O)CC3C(F)CCCC3Cl)C2)N1. The van der Waals surface area contributed by atoms with Crippen LogP contribution in [0.15, 0.2) is 0 Å². The van der Waals surface area contributed by atoms with Gasteiger partial charge in [-0.3, -0.25) is 10.2 Å². The fourth-order valence-corrected chi connectivity index (χ4v) is 4.93. The summed E-state index contributed by atoms with van der Waals surface area (Å²) in [6.07, 6.45) is 7.02. The van der Waals surface area contributed by atoms with Gasteiger partial charge in [0.1, 0.15) is 6.17 Å². The minimum atomic E-state index is -0.929. The lowest BCUT2D eigenvalue weighted by Crippen LogP contribution is -2.49. The lowest BCUT2D eigenvalue weighted by molar-refractivity contribution is -0.123. The van der Waals surface area contributed by atoms with E-state index in [1.807, 2.05) is 0 Å². The summed E-state index contributed by atoms with van der Waals surface area (Å²) in [4.78, 5) is 12.4. The number of halogens is 2. The van der Waals surface area contributed by atoms with Crippen molar-refractivity contribution in [2.45, 2.75) is 94.4 Å². The second-order valence-electron chi connectivity index (χ2n) is 7.93. The quantitative estimate of drug-likeness (QED) is 0.758. The van der Waals surface area contributed by atoms with Crippen LogP contribution in [0, 0.1) is 5.92 Å². The maximum atomic E-state index is 14.1. The van der Waals surface area contributed by atoms with E-state index in [0.29, 0.717) is 18.5 Å². The van der Waals surface area contributed by atoms with E-state index in [9.17, 15) is 9.18 Å². The Hall–Kier alpha value is -0.390. The molecular formula is C18H31ClFN3O. The third-order valence-electron chi connectivity index (χ3n) is 5.95. The molecule has 3 rings (SSSR count). The van der Waals surface area contributed by atoms with Gasteiger partial charge in [0.2, 0.25) is 5.91 Å². The number of hydrogen-bond donors (Lipinski definition) is 2. The van der Waals surface area contributed by atoms with E-state index in [-0.39, 0.29) is 29.7 Å². The summed E-state index contributed by atoms with van der Waals surface area (Å²) >= 11 is 6.25. The molecule has 3 fully saturated rings. The third kappa shape index (κ3) is 4.61. The summed E-state index contributed by atoms with van der Waals surface area (Å²) in [5.74, 6) is -0.343. The molecule has 1 saturated heterocycles. The highest BCUT2D eigenvalue weighted by Crippen LogP contribution is 2.33. The van der Waals surface area contributed by atoms with Gasteiger partial charge in [0, 0.05) is 42.4 Å². The van der Waals surface area contributed by atoms with Crippen molar-refractivity contribution < 1.29 is 9.18 Å². The molecule has 6 atom stereocenters. The summed E-state index contributed by atoms with van der Waals surface area (Å²) in [7, 11) is 0. The number of amides is 1. The van der Waals surface area contributed by atoms with Crippen LogP contribution < -0.4 is 10.7 Å². The van der Waals surface area contributed by atoms with E-state index in [1.54, 1.807) is 0 Å². The van der Waals surface area contributed by atoms with Crippen LogP contribution in [-0.2, 0) is 4.79 Å². The number of rotatable bonds is 4. The van der Waals surface area contributed by atoms with E-state index in [2.05, 4.69) is 22.7 Å². The van der Waals surface area contributed by atoms with Crippen molar-refractivity contribution in [1.29, 1.82) is 0 Å². The summed E-state index contributed by atoms with van der Waals surface area (Å²) in [5, 5.41) is 5.31. The lowest BCUT2D eigenvalue weighted by atomic mass is 9.84. The standard InChI is InChI=1S/C18H31ClFN3O/c1-12-8-9-23(22-12)14-5-2-4-13(10-14)21-18(24)11-15-16(19)6-3-7-17(15)20/h12-17,22H,2-11H2,1H3,(H,21,24). The van der Waals surface area contributed by atoms with Gasteiger partial charge < -0.3 is 5.32 Å². The Morgan fingerprint density at radius 1 is 1.25 bits per heavy atom. The third-order valence-corrected chi connectivity index (χ3v) is 6.49. The fourth-order valence-electron chi connectivity index (χ4n) is 4.53. The minimum absolute atomic E-state index is 0.0244. The first-order chi connectivity index (χ1) is 11.5. The predicted molar refractivity (Wildman–Crippen MR) is 94.6 cm³/mol. The van der Waals surface area contributed by atoms with Crippen LogP contribution in [-0.4, -0.2) is 47.1 Å². The van der Waals surface area contributed by atoms with Crippen LogP contribution in [0.1, 0.15) is 64.7 Å². The number of nitrogens with one attached hydrogen (secondary N) is 2. The van der Waals surface area contributed by atoms with Crippen molar-refractivity contribution in [2.75, 3.05) is 6.54 Å². The Morgan fingerprint density at radius 2 is 2.04 bits per heavy atom. The van der Waals surface area contributed by atoms with Crippen LogP contribution in [0.2, 0.25) is 0 Å². The molecule has 2 N–H and O–H groups in total. The normalized spacial score (nSPS) is 41.3. The zero-order chi connectivity index (χ0) is 17.1.